The molecule has 1 fully saturated rings. The van der Waals surface area contributed by atoms with Gasteiger partial charge in [-0.1, -0.05) is 19.3 Å². The quantitative estimate of drug-likeness (QED) is 0.666. The van der Waals surface area contributed by atoms with Gasteiger partial charge in [0, 0.05) is 5.92 Å². The van der Waals surface area contributed by atoms with Gasteiger partial charge in [0.1, 0.15) is 5.78 Å². The van der Waals surface area contributed by atoms with Crippen LogP contribution in [-0.4, -0.2) is 16.9 Å². The van der Waals surface area contributed by atoms with Crippen molar-refractivity contribution in [2.45, 2.75) is 39.0 Å². The molecule has 0 aromatic heterocycles. The monoisotopic (exact) mass is 184 g/mol. The smallest absolute Gasteiger partial charge is 0.307 e. The van der Waals surface area contributed by atoms with E-state index in [1.807, 2.05) is 0 Å². The van der Waals surface area contributed by atoms with Gasteiger partial charge in [0.2, 0.25) is 0 Å². The highest BCUT2D eigenvalue weighted by Gasteiger charge is 2.32. The molecule has 0 amide bonds. The summed E-state index contributed by atoms with van der Waals surface area (Å²) in [5.74, 6) is -1.43. The number of rotatable bonds is 2. The SMILES string of the molecule is CC(=O)[C@H]1CCCCC[C@@H]1C(=O)O. The molecule has 0 heterocycles. The molecule has 13 heavy (non-hydrogen) atoms. The van der Waals surface area contributed by atoms with Crippen molar-refractivity contribution in [3.8, 4) is 0 Å². The van der Waals surface area contributed by atoms with Gasteiger partial charge in [-0.25, -0.2) is 0 Å². The lowest BCUT2D eigenvalue weighted by Crippen LogP contribution is -2.27. The molecule has 0 aliphatic heterocycles. The molecule has 0 bridgehead atoms. The number of carbonyl (C=O) groups excluding carboxylic acids is 1. The molecule has 3 nitrogen and oxygen atoms in total. The minimum absolute atomic E-state index is 0.0364. The molecule has 3 heteroatoms. The second-order valence-electron chi connectivity index (χ2n) is 3.80. The highest BCUT2D eigenvalue weighted by atomic mass is 16.4. The van der Waals surface area contributed by atoms with E-state index in [-0.39, 0.29) is 11.7 Å². The Hall–Kier alpha value is -0.860. The van der Waals surface area contributed by atoms with Gasteiger partial charge in [-0.15, -0.1) is 0 Å². The lowest BCUT2D eigenvalue weighted by molar-refractivity contribution is -0.146. The Bertz CT molecular complexity index is 188. The fourth-order valence-corrected chi connectivity index (χ4v) is 2.09. The Labute approximate surface area is 78.1 Å². The molecule has 74 valence electrons. The third-order valence-electron chi connectivity index (χ3n) is 2.86. The number of carboxylic acid groups (broad SMARTS) is 1. The number of Topliss-reactive ketones (excluding diaryl/α,β-unsaturated/α-hetero) is 1. The zero-order valence-corrected chi connectivity index (χ0v) is 7.95. The molecular weight excluding hydrogens is 168 g/mol. The van der Waals surface area contributed by atoms with E-state index in [1.165, 1.54) is 6.92 Å². The Kier molecular flexibility index (Phi) is 3.46. The van der Waals surface area contributed by atoms with Crippen molar-refractivity contribution >= 4 is 11.8 Å². The average molecular weight is 184 g/mol. The maximum Gasteiger partial charge on any atom is 0.307 e. The Balaban J connectivity index is 2.72. The maximum atomic E-state index is 11.2. The predicted octanol–water partition coefficient (Wildman–Crippen LogP) is 1.86. The standard InChI is InChI=1S/C10H16O3/c1-7(11)8-5-3-2-4-6-9(8)10(12)13/h8-9H,2-6H2,1H3,(H,12,13)/t8-,9+/m1/s1. The number of hydrogen-bond donors (Lipinski definition) is 1. The lowest BCUT2D eigenvalue weighted by Gasteiger charge is -2.17. The number of carboxylic acids is 1. The molecule has 0 unspecified atom stereocenters. The Morgan fingerprint density at radius 2 is 1.62 bits per heavy atom. The van der Waals surface area contributed by atoms with Gasteiger partial charge >= 0.3 is 5.97 Å². The Morgan fingerprint density at radius 3 is 2.08 bits per heavy atom. The summed E-state index contributed by atoms with van der Waals surface area (Å²) >= 11 is 0. The van der Waals surface area contributed by atoms with Crippen LogP contribution in [-0.2, 0) is 9.59 Å². The van der Waals surface area contributed by atoms with Crippen LogP contribution in [0.2, 0.25) is 0 Å². The third kappa shape index (κ3) is 2.54. The molecule has 1 N–H and O–H groups in total. The highest BCUT2D eigenvalue weighted by molar-refractivity contribution is 5.84. The van der Waals surface area contributed by atoms with Crippen LogP contribution < -0.4 is 0 Å². The zero-order valence-electron chi connectivity index (χ0n) is 7.95. The summed E-state index contributed by atoms with van der Waals surface area (Å²) in [4.78, 5) is 22.1. The first kappa shape index (κ1) is 10.2. The van der Waals surface area contributed by atoms with Crippen molar-refractivity contribution in [1.29, 1.82) is 0 Å². The maximum absolute atomic E-state index is 11.2. The molecule has 1 rings (SSSR count). The summed E-state index contributed by atoms with van der Waals surface area (Å²) in [6.07, 6.45) is 4.42. The first-order valence-corrected chi connectivity index (χ1v) is 4.86. The van der Waals surface area contributed by atoms with Crippen LogP contribution in [0.1, 0.15) is 39.0 Å². The molecule has 1 aliphatic carbocycles. The molecule has 0 saturated heterocycles. The van der Waals surface area contributed by atoms with E-state index in [9.17, 15) is 9.59 Å². The van der Waals surface area contributed by atoms with Crippen molar-refractivity contribution in [3.63, 3.8) is 0 Å². The van der Waals surface area contributed by atoms with E-state index in [4.69, 9.17) is 5.11 Å². The largest absolute Gasteiger partial charge is 0.481 e. The lowest BCUT2D eigenvalue weighted by atomic mass is 9.85. The first-order valence-electron chi connectivity index (χ1n) is 4.86. The van der Waals surface area contributed by atoms with Gasteiger partial charge in [-0.3, -0.25) is 9.59 Å². The molecular formula is C10H16O3. The van der Waals surface area contributed by atoms with Crippen LogP contribution in [0.25, 0.3) is 0 Å². The fourth-order valence-electron chi connectivity index (χ4n) is 2.09. The van der Waals surface area contributed by atoms with Gasteiger partial charge in [0.25, 0.3) is 0 Å². The predicted molar refractivity (Wildman–Crippen MR) is 48.4 cm³/mol. The van der Waals surface area contributed by atoms with Crippen molar-refractivity contribution in [1.82, 2.24) is 0 Å². The van der Waals surface area contributed by atoms with Gasteiger partial charge < -0.3 is 5.11 Å². The number of carbonyl (C=O) groups is 2. The number of hydrogen-bond acceptors (Lipinski definition) is 2. The summed E-state index contributed by atoms with van der Waals surface area (Å²) in [5, 5.41) is 8.93. The number of ketones is 1. The molecule has 1 saturated carbocycles. The summed E-state index contributed by atoms with van der Waals surface area (Å²) < 4.78 is 0. The second kappa shape index (κ2) is 4.40. The van der Waals surface area contributed by atoms with Crippen LogP contribution in [0, 0.1) is 11.8 Å². The van der Waals surface area contributed by atoms with Crippen molar-refractivity contribution in [3.05, 3.63) is 0 Å². The van der Waals surface area contributed by atoms with E-state index in [1.54, 1.807) is 0 Å². The zero-order chi connectivity index (χ0) is 9.84. The van der Waals surface area contributed by atoms with E-state index < -0.39 is 11.9 Å². The average Bonchev–Trinajstić information content (AvgIpc) is 2.27. The van der Waals surface area contributed by atoms with E-state index in [0.29, 0.717) is 6.42 Å². The van der Waals surface area contributed by atoms with Crippen molar-refractivity contribution in [2.24, 2.45) is 11.8 Å². The van der Waals surface area contributed by atoms with E-state index >= 15 is 0 Å². The van der Waals surface area contributed by atoms with Crippen LogP contribution in [0.15, 0.2) is 0 Å². The minimum atomic E-state index is -0.804. The molecule has 0 aromatic rings. The first-order chi connectivity index (χ1) is 6.13. The van der Waals surface area contributed by atoms with Gasteiger partial charge in [0.15, 0.2) is 0 Å². The normalized spacial score (nSPS) is 29.3. The van der Waals surface area contributed by atoms with Crippen LogP contribution >= 0.6 is 0 Å². The molecule has 1 aliphatic rings. The van der Waals surface area contributed by atoms with E-state index in [2.05, 4.69) is 0 Å². The van der Waals surface area contributed by atoms with Crippen LogP contribution in [0.3, 0.4) is 0 Å². The van der Waals surface area contributed by atoms with Gasteiger partial charge in [-0.2, -0.15) is 0 Å². The van der Waals surface area contributed by atoms with Crippen LogP contribution in [0.4, 0.5) is 0 Å². The second-order valence-corrected chi connectivity index (χ2v) is 3.80. The highest BCUT2D eigenvalue weighted by Crippen LogP contribution is 2.29. The fraction of sp³-hybridized carbons (Fsp3) is 0.800. The summed E-state index contributed by atoms with van der Waals surface area (Å²) in [5.41, 5.74) is 0. The van der Waals surface area contributed by atoms with Crippen LogP contribution in [0.5, 0.6) is 0 Å². The van der Waals surface area contributed by atoms with Crippen molar-refractivity contribution in [2.75, 3.05) is 0 Å². The minimum Gasteiger partial charge on any atom is -0.481 e. The molecule has 0 spiro atoms. The van der Waals surface area contributed by atoms with Crippen molar-refractivity contribution < 1.29 is 14.7 Å². The summed E-state index contributed by atoms with van der Waals surface area (Å²) in [6.45, 7) is 1.51. The summed E-state index contributed by atoms with van der Waals surface area (Å²) in [6, 6.07) is 0. The van der Waals surface area contributed by atoms with Gasteiger partial charge in [-0.05, 0) is 19.8 Å². The topological polar surface area (TPSA) is 54.4 Å². The van der Waals surface area contributed by atoms with Gasteiger partial charge in [0.05, 0.1) is 5.92 Å². The third-order valence-corrected chi connectivity index (χ3v) is 2.86. The molecule has 0 aromatic carbocycles. The summed E-state index contributed by atoms with van der Waals surface area (Å²) in [7, 11) is 0. The Morgan fingerprint density at radius 1 is 1.08 bits per heavy atom. The molecule has 2 atom stereocenters. The number of aliphatic carboxylic acids is 1. The van der Waals surface area contributed by atoms with E-state index in [0.717, 1.165) is 25.7 Å². The molecule has 0 radical (unpaired) electrons.